The van der Waals surface area contributed by atoms with Crippen LogP contribution in [0.5, 0.6) is 10.9 Å². The fourth-order valence-corrected chi connectivity index (χ4v) is 3.75. The van der Waals surface area contributed by atoms with Gasteiger partial charge in [0.05, 0.1) is 30.3 Å². The molecule has 0 atom stereocenters. The van der Waals surface area contributed by atoms with Crippen LogP contribution >= 0.6 is 57.7 Å². The molecule has 130 valence electrons. The van der Waals surface area contributed by atoms with Crippen molar-refractivity contribution in [2.45, 2.75) is 0 Å². The van der Waals surface area contributed by atoms with Crippen LogP contribution in [0, 0.1) is 0 Å². The number of carbonyl (C=O) groups is 1. The van der Waals surface area contributed by atoms with Gasteiger partial charge in [-0.25, -0.2) is 9.78 Å². The largest absolute Gasteiger partial charge is 0.428 e. The van der Waals surface area contributed by atoms with Crippen molar-refractivity contribution >= 4 is 79.7 Å². The van der Waals surface area contributed by atoms with Gasteiger partial charge in [0, 0.05) is 12.7 Å². The molecule has 3 aromatic rings. The van der Waals surface area contributed by atoms with E-state index in [1.54, 1.807) is 12.1 Å². The minimum Gasteiger partial charge on any atom is -0.428 e. The van der Waals surface area contributed by atoms with Crippen molar-refractivity contribution in [1.29, 1.82) is 0 Å². The SMILES string of the molecule is CNC(=O)Nc1cc(Cl)c(Oc2nc3cc(Cl)c(Cl)cc3s2)c(Cl)c1. The van der Waals surface area contributed by atoms with Crippen molar-refractivity contribution in [3.8, 4) is 10.9 Å². The van der Waals surface area contributed by atoms with E-state index < -0.39 is 0 Å². The highest BCUT2D eigenvalue weighted by Crippen LogP contribution is 2.41. The summed E-state index contributed by atoms with van der Waals surface area (Å²) in [6.07, 6.45) is 0. The van der Waals surface area contributed by atoms with E-state index in [1.807, 2.05) is 0 Å². The predicted molar refractivity (Wildman–Crippen MR) is 104 cm³/mol. The number of nitrogens with zero attached hydrogens (tertiary/aromatic N) is 1. The van der Waals surface area contributed by atoms with Gasteiger partial charge in [0.15, 0.2) is 5.75 Å². The zero-order valence-electron chi connectivity index (χ0n) is 12.5. The van der Waals surface area contributed by atoms with Crippen LogP contribution < -0.4 is 15.4 Å². The third-order valence-electron chi connectivity index (χ3n) is 3.08. The molecule has 0 spiro atoms. The van der Waals surface area contributed by atoms with Crippen LogP contribution in [0.2, 0.25) is 20.1 Å². The maximum absolute atomic E-state index is 11.4. The summed E-state index contributed by atoms with van der Waals surface area (Å²) >= 11 is 25.7. The van der Waals surface area contributed by atoms with Crippen molar-refractivity contribution in [3.05, 3.63) is 44.4 Å². The zero-order valence-corrected chi connectivity index (χ0v) is 16.3. The highest BCUT2D eigenvalue weighted by atomic mass is 35.5. The molecule has 10 heteroatoms. The first-order valence-electron chi connectivity index (χ1n) is 6.78. The Bertz CT molecular complexity index is 915. The van der Waals surface area contributed by atoms with Crippen molar-refractivity contribution in [2.24, 2.45) is 0 Å². The van der Waals surface area contributed by atoms with Crippen molar-refractivity contribution in [2.75, 3.05) is 12.4 Å². The lowest BCUT2D eigenvalue weighted by molar-refractivity contribution is 0.254. The minimum atomic E-state index is -0.388. The summed E-state index contributed by atoms with van der Waals surface area (Å²) in [4.78, 5) is 15.7. The molecule has 5 nitrogen and oxygen atoms in total. The number of nitrogens with one attached hydrogen (secondary N) is 2. The zero-order chi connectivity index (χ0) is 18.1. The van der Waals surface area contributed by atoms with Gasteiger partial charge in [0.25, 0.3) is 5.19 Å². The summed E-state index contributed by atoms with van der Waals surface area (Å²) in [6, 6.07) is 6.03. The third kappa shape index (κ3) is 4.04. The number of hydrogen-bond acceptors (Lipinski definition) is 4. The Morgan fingerprint density at radius 3 is 2.32 bits per heavy atom. The summed E-state index contributed by atoms with van der Waals surface area (Å²) in [5.41, 5.74) is 1.09. The number of fused-ring (bicyclic) bond motifs is 1. The second-order valence-electron chi connectivity index (χ2n) is 4.79. The predicted octanol–water partition coefficient (Wildman–Crippen LogP) is 6.45. The van der Waals surface area contributed by atoms with E-state index in [4.69, 9.17) is 51.1 Å². The summed E-state index contributed by atoms with van der Waals surface area (Å²) in [7, 11) is 1.50. The molecule has 0 fully saturated rings. The molecule has 1 aromatic heterocycles. The first-order chi connectivity index (χ1) is 11.9. The Labute approximate surface area is 166 Å². The van der Waals surface area contributed by atoms with E-state index in [0.717, 1.165) is 4.70 Å². The molecule has 0 unspecified atom stereocenters. The van der Waals surface area contributed by atoms with Gasteiger partial charge in [-0.3, -0.25) is 0 Å². The van der Waals surface area contributed by atoms with Crippen LogP contribution in [0.3, 0.4) is 0 Å². The maximum atomic E-state index is 11.4. The molecule has 25 heavy (non-hydrogen) atoms. The Morgan fingerprint density at radius 2 is 1.68 bits per heavy atom. The Kier molecular flexibility index (Phi) is 5.46. The summed E-state index contributed by atoms with van der Waals surface area (Å²) in [5, 5.41) is 6.66. The fraction of sp³-hybridized carbons (Fsp3) is 0.0667. The van der Waals surface area contributed by atoms with Crippen LogP contribution in [0.15, 0.2) is 24.3 Å². The second-order valence-corrected chi connectivity index (χ2v) is 7.41. The molecule has 0 radical (unpaired) electrons. The summed E-state index contributed by atoms with van der Waals surface area (Å²) in [5.74, 6) is 0.238. The molecule has 0 bridgehead atoms. The first-order valence-corrected chi connectivity index (χ1v) is 9.11. The highest BCUT2D eigenvalue weighted by Gasteiger charge is 2.15. The van der Waals surface area contributed by atoms with Crippen LogP contribution in [0.1, 0.15) is 0 Å². The molecular formula is C15H9Cl4N3O2S. The number of thiazole rings is 1. The van der Waals surface area contributed by atoms with E-state index in [0.29, 0.717) is 26.4 Å². The molecular weight excluding hydrogens is 428 g/mol. The molecule has 0 aliphatic carbocycles. The number of aromatic nitrogens is 1. The topological polar surface area (TPSA) is 63.2 Å². The van der Waals surface area contributed by atoms with Gasteiger partial charge in [-0.2, -0.15) is 0 Å². The van der Waals surface area contributed by atoms with E-state index in [-0.39, 0.29) is 21.8 Å². The number of anilines is 1. The maximum Gasteiger partial charge on any atom is 0.318 e. The summed E-state index contributed by atoms with van der Waals surface area (Å²) < 4.78 is 6.53. The quantitative estimate of drug-likeness (QED) is 0.495. The van der Waals surface area contributed by atoms with Gasteiger partial charge in [-0.1, -0.05) is 57.7 Å². The average Bonchev–Trinajstić information content (AvgIpc) is 2.92. The molecule has 1 heterocycles. The van der Waals surface area contributed by atoms with E-state index >= 15 is 0 Å². The monoisotopic (exact) mass is 435 g/mol. The van der Waals surface area contributed by atoms with Gasteiger partial charge < -0.3 is 15.4 Å². The molecule has 2 N–H and O–H groups in total. The van der Waals surface area contributed by atoms with Crippen LogP contribution in [0.25, 0.3) is 10.2 Å². The number of urea groups is 1. The third-order valence-corrected chi connectivity index (χ3v) is 5.26. The normalized spacial score (nSPS) is 10.8. The molecule has 0 aliphatic heterocycles. The second kappa shape index (κ2) is 7.43. The number of carbonyl (C=O) groups excluding carboxylic acids is 1. The average molecular weight is 437 g/mol. The molecule has 0 saturated carbocycles. The Balaban J connectivity index is 1.91. The van der Waals surface area contributed by atoms with Crippen LogP contribution in [0.4, 0.5) is 10.5 Å². The number of amides is 2. The lowest BCUT2D eigenvalue weighted by Gasteiger charge is -2.10. The minimum absolute atomic E-state index is 0.231. The molecule has 0 saturated heterocycles. The molecule has 2 amide bonds. The van der Waals surface area contributed by atoms with Gasteiger partial charge in [-0.15, -0.1) is 0 Å². The number of ether oxygens (including phenoxy) is 1. The van der Waals surface area contributed by atoms with E-state index in [9.17, 15) is 4.79 Å². The van der Waals surface area contributed by atoms with Crippen molar-refractivity contribution < 1.29 is 9.53 Å². The lowest BCUT2D eigenvalue weighted by atomic mass is 10.3. The number of rotatable bonds is 3. The van der Waals surface area contributed by atoms with Gasteiger partial charge in [-0.05, 0) is 24.3 Å². The van der Waals surface area contributed by atoms with Crippen LogP contribution in [-0.2, 0) is 0 Å². The van der Waals surface area contributed by atoms with E-state index in [1.165, 1.54) is 30.5 Å². The summed E-state index contributed by atoms with van der Waals surface area (Å²) in [6.45, 7) is 0. The lowest BCUT2D eigenvalue weighted by Crippen LogP contribution is -2.24. The van der Waals surface area contributed by atoms with Gasteiger partial charge >= 0.3 is 6.03 Å². The Morgan fingerprint density at radius 1 is 1.04 bits per heavy atom. The smallest absolute Gasteiger partial charge is 0.318 e. The first kappa shape index (κ1) is 18.4. The number of hydrogen-bond donors (Lipinski definition) is 2. The van der Waals surface area contributed by atoms with Gasteiger partial charge in [0.2, 0.25) is 0 Å². The van der Waals surface area contributed by atoms with E-state index in [2.05, 4.69) is 15.6 Å². The van der Waals surface area contributed by atoms with Crippen molar-refractivity contribution in [1.82, 2.24) is 10.3 Å². The standard InChI is InChI=1S/C15H9Cl4N3O2S/c1-20-14(23)21-6-2-9(18)13(10(19)3-6)24-15-22-11-4-7(16)8(17)5-12(11)25-15/h2-5H,1H3,(H2,20,21,23). The molecule has 0 aliphatic rings. The molecule has 3 rings (SSSR count). The van der Waals surface area contributed by atoms with Crippen molar-refractivity contribution in [3.63, 3.8) is 0 Å². The number of halogens is 4. The Hall–Kier alpha value is -1.44. The number of benzene rings is 2. The highest BCUT2D eigenvalue weighted by molar-refractivity contribution is 7.20. The van der Waals surface area contributed by atoms with Gasteiger partial charge in [0.1, 0.15) is 0 Å². The molecule has 2 aromatic carbocycles. The fourth-order valence-electron chi connectivity index (χ4n) is 1.96. The van der Waals surface area contributed by atoms with Crippen LogP contribution in [-0.4, -0.2) is 18.1 Å².